The number of allylic oxidation sites excluding steroid dienone is 2. The molecule has 128 valence electrons. The molecule has 2 bridgehead atoms. The maximum atomic E-state index is 12.7. The zero-order chi connectivity index (χ0) is 17.2. The normalized spacial score (nSPS) is 28.5. The Balaban J connectivity index is 1.78. The van der Waals surface area contributed by atoms with Gasteiger partial charge in [0.2, 0.25) is 0 Å². The lowest BCUT2D eigenvalue weighted by Crippen LogP contribution is -2.37. The van der Waals surface area contributed by atoms with Crippen molar-refractivity contribution in [1.29, 1.82) is 0 Å². The van der Waals surface area contributed by atoms with E-state index in [1.54, 1.807) is 5.57 Å². The molecule has 3 aliphatic rings. The van der Waals surface area contributed by atoms with Gasteiger partial charge in [-0.25, -0.2) is 0 Å². The Morgan fingerprint density at radius 2 is 2.16 bits per heavy atom. The lowest BCUT2D eigenvalue weighted by atomic mass is 9.62. The van der Waals surface area contributed by atoms with E-state index in [4.69, 9.17) is 0 Å². The van der Waals surface area contributed by atoms with Gasteiger partial charge in [0.25, 0.3) is 0 Å². The van der Waals surface area contributed by atoms with Crippen molar-refractivity contribution < 1.29 is 4.79 Å². The van der Waals surface area contributed by atoms with E-state index in [-0.39, 0.29) is 5.41 Å². The molecule has 1 saturated carbocycles. The summed E-state index contributed by atoms with van der Waals surface area (Å²) in [6.45, 7) is 4.58. The third kappa shape index (κ3) is 2.05. The van der Waals surface area contributed by atoms with Gasteiger partial charge in [-0.1, -0.05) is 43.7 Å². The van der Waals surface area contributed by atoms with Gasteiger partial charge in [0, 0.05) is 17.4 Å². The van der Waals surface area contributed by atoms with E-state index in [0.717, 1.165) is 30.7 Å². The summed E-state index contributed by atoms with van der Waals surface area (Å²) in [5.41, 5.74) is 5.72. The highest BCUT2D eigenvalue weighted by atomic mass is 16.1. The average Bonchev–Trinajstić information content (AvgIpc) is 3.24. The number of ketones is 1. The first-order valence-corrected chi connectivity index (χ1v) is 9.90. The smallest absolute Gasteiger partial charge is 0.163 e. The van der Waals surface area contributed by atoms with E-state index in [0.29, 0.717) is 11.7 Å². The van der Waals surface area contributed by atoms with E-state index in [1.807, 2.05) is 0 Å². The predicted octanol–water partition coefficient (Wildman–Crippen LogP) is 6.31. The number of fused-ring (bicyclic) bond motifs is 6. The first-order valence-electron chi connectivity index (χ1n) is 9.90. The maximum absolute atomic E-state index is 12.7. The molecule has 2 aromatic rings. The summed E-state index contributed by atoms with van der Waals surface area (Å²) < 4.78 is 0. The van der Waals surface area contributed by atoms with Crippen molar-refractivity contribution in [3.8, 4) is 0 Å². The molecule has 1 spiro atoms. The average molecular weight is 330 g/mol. The van der Waals surface area contributed by atoms with Crippen molar-refractivity contribution in [2.45, 2.75) is 63.7 Å². The number of benzene rings is 2. The molecule has 5 rings (SSSR count). The molecule has 0 amide bonds. The first kappa shape index (κ1) is 15.4. The Bertz CT molecular complexity index is 919. The molecule has 1 nitrogen and oxygen atoms in total. The van der Waals surface area contributed by atoms with E-state index in [2.05, 4.69) is 50.3 Å². The molecule has 0 saturated heterocycles. The van der Waals surface area contributed by atoms with E-state index in [9.17, 15) is 4.79 Å². The summed E-state index contributed by atoms with van der Waals surface area (Å²) in [7, 11) is 0. The van der Waals surface area contributed by atoms with Gasteiger partial charge in [-0.3, -0.25) is 4.79 Å². The van der Waals surface area contributed by atoms with Crippen molar-refractivity contribution >= 4 is 16.6 Å². The van der Waals surface area contributed by atoms with Crippen molar-refractivity contribution in [2.24, 2.45) is 5.92 Å². The minimum atomic E-state index is 0.240. The summed E-state index contributed by atoms with van der Waals surface area (Å²) in [6.07, 6.45) is 9.06. The van der Waals surface area contributed by atoms with Crippen LogP contribution in [0.2, 0.25) is 0 Å². The van der Waals surface area contributed by atoms with Crippen molar-refractivity contribution in [1.82, 2.24) is 0 Å². The molecule has 1 fully saturated rings. The number of hydrogen-bond donors (Lipinski definition) is 0. The quantitative estimate of drug-likeness (QED) is 0.590. The van der Waals surface area contributed by atoms with Gasteiger partial charge in [-0.15, -0.1) is 0 Å². The van der Waals surface area contributed by atoms with Gasteiger partial charge in [-0.2, -0.15) is 0 Å². The zero-order valence-corrected chi connectivity index (χ0v) is 15.3. The minimum Gasteiger partial charge on any atom is -0.294 e. The molecular formula is C24H26O. The van der Waals surface area contributed by atoms with Crippen LogP contribution in [0.1, 0.15) is 79.8 Å². The molecule has 3 unspecified atom stereocenters. The van der Waals surface area contributed by atoms with Crippen molar-refractivity contribution in [3.05, 3.63) is 58.7 Å². The fourth-order valence-corrected chi connectivity index (χ4v) is 5.76. The van der Waals surface area contributed by atoms with Crippen LogP contribution in [0.5, 0.6) is 0 Å². The number of rotatable bonds is 2. The molecule has 0 radical (unpaired) electrons. The number of Topliss-reactive ketones (excluding diaryl/α,β-unsaturated/α-hetero) is 1. The molecule has 3 atom stereocenters. The van der Waals surface area contributed by atoms with Crippen LogP contribution in [-0.4, -0.2) is 5.78 Å². The van der Waals surface area contributed by atoms with E-state index in [1.165, 1.54) is 41.2 Å². The maximum Gasteiger partial charge on any atom is 0.163 e. The highest BCUT2D eigenvalue weighted by Crippen LogP contribution is 2.59. The highest BCUT2D eigenvalue weighted by Gasteiger charge is 2.51. The summed E-state index contributed by atoms with van der Waals surface area (Å²) >= 11 is 0. The Hall–Kier alpha value is -1.89. The van der Waals surface area contributed by atoms with Gasteiger partial charge in [0.15, 0.2) is 5.78 Å². The van der Waals surface area contributed by atoms with Crippen LogP contribution < -0.4 is 0 Å². The monoisotopic (exact) mass is 330 g/mol. The number of carbonyl (C=O) groups is 1. The topological polar surface area (TPSA) is 17.1 Å². The van der Waals surface area contributed by atoms with Crippen molar-refractivity contribution in [3.63, 3.8) is 0 Å². The molecule has 2 aromatic carbocycles. The Morgan fingerprint density at radius 1 is 1.28 bits per heavy atom. The summed E-state index contributed by atoms with van der Waals surface area (Å²) in [4.78, 5) is 12.7. The fraction of sp³-hybridized carbons (Fsp3) is 0.458. The third-order valence-electron chi connectivity index (χ3n) is 7.35. The molecule has 0 aliphatic heterocycles. The highest BCUT2D eigenvalue weighted by molar-refractivity contribution is 6.03. The standard InChI is InChI=1S/C24H26O/c1-3-15(2)19-6-4-5-17-12-21-22(13-20(17)19)24(10-9-23(21)25)14-16-7-8-18(24)11-16/h4-7,12-13,15,18H,3,8-11,14H2,1-2H3. The molecule has 1 heteroatoms. The summed E-state index contributed by atoms with van der Waals surface area (Å²) in [6, 6.07) is 11.2. The Labute approximate surface area is 150 Å². The summed E-state index contributed by atoms with van der Waals surface area (Å²) in [5, 5.41) is 2.62. The third-order valence-corrected chi connectivity index (χ3v) is 7.35. The molecule has 0 heterocycles. The van der Waals surface area contributed by atoms with Crippen LogP contribution in [0.25, 0.3) is 10.8 Å². The molecule has 25 heavy (non-hydrogen) atoms. The first-order chi connectivity index (χ1) is 12.1. The Kier molecular flexibility index (Phi) is 3.26. The lowest BCUT2D eigenvalue weighted by molar-refractivity contribution is 0.0940. The van der Waals surface area contributed by atoms with E-state index < -0.39 is 0 Å². The Morgan fingerprint density at radius 3 is 2.88 bits per heavy atom. The van der Waals surface area contributed by atoms with Crippen LogP contribution in [-0.2, 0) is 5.41 Å². The molecule has 0 aromatic heterocycles. The largest absolute Gasteiger partial charge is 0.294 e. The second-order valence-electron chi connectivity index (χ2n) is 8.53. The SMILES string of the molecule is CCC(C)c1cccc2cc3c(cc12)C1(CCC3=O)CC2=CCC1C2. The van der Waals surface area contributed by atoms with Crippen molar-refractivity contribution in [2.75, 3.05) is 0 Å². The van der Waals surface area contributed by atoms with E-state index >= 15 is 0 Å². The summed E-state index contributed by atoms with van der Waals surface area (Å²) in [5.74, 6) is 1.63. The van der Waals surface area contributed by atoms with Gasteiger partial charge < -0.3 is 0 Å². The predicted molar refractivity (Wildman–Crippen MR) is 103 cm³/mol. The number of hydrogen-bond acceptors (Lipinski definition) is 1. The van der Waals surface area contributed by atoms with Gasteiger partial charge >= 0.3 is 0 Å². The van der Waals surface area contributed by atoms with Crippen LogP contribution in [0, 0.1) is 5.92 Å². The second kappa shape index (κ2) is 5.30. The minimum absolute atomic E-state index is 0.240. The fourth-order valence-electron chi connectivity index (χ4n) is 5.76. The number of carbonyl (C=O) groups excluding carboxylic acids is 1. The van der Waals surface area contributed by atoms with Gasteiger partial charge in [0.1, 0.15) is 0 Å². The van der Waals surface area contributed by atoms with Crippen LogP contribution >= 0.6 is 0 Å². The second-order valence-corrected chi connectivity index (χ2v) is 8.53. The molecule has 3 aliphatic carbocycles. The van der Waals surface area contributed by atoms with Crippen LogP contribution in [0.4, 0.5) is 0 Å². The van der Waals surface area contributed by atoms with Crippen LogP contribution in [0.3, 0.4) is 0 Å². The van der Waals surface area contributed by atoms with Gasteiger partial charge in [0.05, 0.1) is 0 Å². The zero-order valence-electron chi connectivity index (χ0n) is 15.3. The van der Waals surface area contributed by atoms with Gasteiger partial charge in [-0.05, 0) is 78.0 Å². The lowest BCUT2D eigenvalue weighted by Gasteiger charge is -2.41. The molecule has 0 N–H and O–H groups in total. The molecular weight excluding hydrogens is 304 g/mol. The van der Waals surface area contributed by atoms with Crippen LogP contribution in [0.15, 0.2) is 42.0 Å².